The molecule has 1 N–H and O–H groups in total. The first kappa shape index (κ1) is 19.8. The van der Waals surface area contributed by atoms with Gasteiger partial charge in [0, 0.05) is 12.1 Å². The molecule has 1 aliphatic rings. The first-order valence-corrected chi connectivity index (χ1v) is 10.9. The summed E-state index contributed by atoms with van der Waals surface area (Å²) in [5.41, 5.74) is 2.83. The van der Waals surface area contributed by atoms with Gasteiger partial charge in [-0.25, -0.2) is 13.1 Å². The number of Topliss-reactive ketones (excluding diaryl/α,β-unsaturated/α-hetero) is 1. The third-order valence-corrected chi connectivity index (χ3v) is 6.99. The van der Waals surface area contributed by atoms with Gasteiger partial charge in [0.25, 0.3) is 0 Å². The summed E-state index contributed by atoms with van der Waals surface area (Å²) in [5, 5.41) is 0. The van der Waals surface area contributed by atoms with Gasteiger partial charge in [-0.1, -0.05) is 54.8 Å². The minimum atomic E-state index is -3.51. The number of carbonyl (C=O) groups is 1. The molecule has 0 radical (unpaired) electrons. The Hall–Kier alpha value is -1.98. The highest BCUT2D eigenvalue weighted by Gasteiger charge is 2.35. The number of rotatable bonds is 7. The SMILES string of the molecule is CC(=O)c1ccc(CC2(CNS(=O)(=O)c3ccc(C)cc3)CCCC2)cc1. The van der Waals surface area contributed by atoms with Crippen LogP contribution in [0.1, 0.15) is 54.1 Å². The average molecular weight is 386 g/mol. The fraction of sp³-hybridized carbons (Fsp3) is 0.409. The Labute approximate surface area is 162 Å². The van der Waals surface area contributed by atoms with Gasteiger partial charge in [0.2, 0.25) is 10.0 Å². The lowest BCUT2D eigenvalue weighted by molar-refractivity contribution is 0.101. The largest absolute Gasteiger partial charge is 0.295 e. The first-order chi connectivity index (χ1) is 12.8. The number of nitrogens with one attached hydrogen (secondary N) is 1. The third-order valence-electron chi connectivity index (χ3n) is 5.57. The number of hydrogen-bond donors (Lipinski definition) is 1. The van der Waals surface area contributed by atoms with Gasteiger partial charge in [-0.05, 0) is 56.2 Å². The number of sulfonamides is 1. The second-order valence-electron chi connectivity index (χ2n) is 7.77. The quantitative estimate of drug-likeness (QED) is 0.724. The summed E-state index contributed by atoms with van der Waals surface area (Å²) >= 11 is 0. The van der Waals surface area contributed by atoms with E-state index in [1.165, 1.54) is 0 Å². The highest BCUT2D eigenvalue weighted by atomic mass is 32.2. The van der Waals surface area contributed by atoms with Crippen LogP contribution in [0.2, 0.25) is 0 Å². The van der Waals surface area contributed by atoms with E-state index in [2.05, 4.69) is 4.72 Å². The number of aryl methyl sites for hydroxylation is 1. The van der Waals surface area contributed by atoms with Crippen molar-refractivity contribution in [3.63, 3.8) is 0 Å². The van der Waals surface area contributed by atoms with Crippen molar-refractivity contribution in [3.05, 3.63) is 65.2 Å². The van der Waals surface area contributed by atoms with Crippen LogP contribution in [0.25, 0.3) is 0 Å². The summed E-state index contributed by atoms with van der Waals surface area (Å²) in [7, 11) is -3.51. The van der Waals surface area contributed by atoms with Crippen molar-refractivity contribution in [2.75, 3.05) is 6.54 Å². The number of hydrogen-bond acceptors (Lipinski definition) is 3. The second kappa shape index (κ2) is 7.95. The molecule has 0 spiro atoms. The molecule has 144 valence electrons. The average Bonchev–Trinajstić information content (AvgIpc) is 3.10. The van der Waals surface area contributed by atoms with Crippen LogP contribution in [0.4, 0.5) is 0 Å². The Balaban J connectivity index is 1.73. The van der Waals surface area contributed by atoms with E-state index in [9.17, 15) is 13.2 Å². The maximum atomic E-state index is 12.7. The Morgan fingerprint density at radius 3 is 2.15 bits per heavy atom. The van der Waals surface area contributed by atoms with E-state index in [1.54, 1.807) is 19.1 Å². The summed E-state index contributed by atoms with van der Waals surface area (Å²) < 4.78 is 28.2. The minimum absolute atomic E-state index is 0.0583. The van der Waals surface area contributed by atoms with Gasteiger partial charge in [-0.3, -0.25) is 4.79 Å². The molecule has 2 aromatic rings. The summed E-state index contributed by atoms with van der Waals surface area (Å²) in [5.74, 6) is 0.0583. The lowest BCUT2D eigenvalue weighted by Crippen LogP contribution is -2.37. The molecular formula is C22H27NO3S. The van der Waals surface area contributed by atoms with Crippen molar-refractivity contribution in [2.45, 2.75) is 50.8 Å². The second-order valence-corrected chi connectivity index (χ2v) is 9.54. The van der Waals surface area contributed by atoms with Crippen molar-refractivity contribution in [1.82, 2.24) is 4.72 Å². The van der Waals surface area contributed by atoms with Gasteiger partial charge >= 0.3 is 0 Å². The van der Waals surface area contributed by atoms with Crippen molar-refractivity contribution >= 4 is 15.8 Å². The molecule has 3 rings (SSSR count). The van der Waals surface area contributed by atoms with E-state index in [0.29, 0.717) is 17.0 Å². The van der Waals surface area contributed by atoms with Gasteiger partial charge in [0.1, 0.15) is 0 Å². The van der Waals surface area contributed by atoms with Crippen molar-refractivity contribution in [2.24, 2.45) is 5.41 Å². The van der Waals surface area contributed by atoms with Gasteiger partial charge < -0.3 is 0 Å². The Kier molecular flexibility index (Phi) is 5.82. The lowest BCUT2D eigenvalue weighted by Gasteiger charge is -2.29. The lowest BCUT2D eigenvalue weighted by atomic mass is 9.80. The van der Waals surface area contributed by atoms with E-state index < -0.39 is 10.0 Å². The molecule has 0 unspecified atom stereocenters. The maximum absolute atomic E-state index is 12.7. The van der Waals surface area contributed by atoms with Crippen LogP contribution in [0.5, 0.6) is 0 Å². The molecule has 0 bridgehead atoms. The predicted octanol–water partition coefficient (Wildman–Crippen LogP) is 4.28. The van der Waals surface area contributed by atoms with Crippen molar-refractivity contribution in [1.29, 1.82) is 0 Å². The molecule has 0 aliphatic heterocycles. The molecule has 1 fully saturated rings. The zero-order valence-corrected chi connectivity index (χ0v) is 16.8. The van der Waals surface area contributed by atoms with Gasteiger partial charge in [-0.2, -0.15) is 0 Å². The van der Waals surface area contributed by atoms with Crippen LogP contribution in [-0.2, 0) is 16.4 Å². The highest BCUT2D eigenvalue weighted by Crippen LogP contribution is 2.40. The predicted molar refractivity (Wildman–Crippen MR) is 107 cm³/mol. The summed E-state index contributed by atoms with van der Waals surface area (Å²) in [4.78, 5) is 11.8. The summed E-state index contributed by atoms with van der Waals surface area (Å²) in [6.45, 7) is 3.94. The fourth-order valence-corrected chi connectivity index (χ4v) is 5.04. The third kappa shape index (κ3) is 4.85. The van der Waals surface area contributed by atoms with Crippen LogP contribution in [0, 0.1) is 12.3 Å². The number of ketones is 1. The normalized spacial score (nSPS) is 16.4. The first-order valence-electron chi connectivity index (χ1n) is 9.46. The van der Waals surface area contributed by atoms with Crippen molar-refractivity contribution in [3.8, 4) is 0 Å². The molecular weight excluding hydrogens is 358 g/mol. The standard InChI is InChI=1S/C22H27NO3S/c1-17-5-11-21(12-6-17)27(25,26)23-16-22(13-3-4-14-22)15-19-7-9-20(10-8-19)18(2)24/h5-12,23H,3-4,13-16H2,1-2H3. The summed E-state index contributed by atoms with van der Waals surface area (Å²) in [6, 6.07) is 14.6. The topological polar surface area (TPSA) is 63.2 Å². The zero-order chi connectivity index (χ0) is 19.5. The molecule has 0 amide bonds. The van der Waals surface area contributed by atoms with Crippen LogP contribution in [0.3, 0.4) is 0 Å². The van der Waals surface area contributed by atoms with E-state index in [4.69, 9.17) is 0 Å². The van der Waals surface area contributed by atoms with E-state index in [0.717, 1.165) is 43.2 Å². The number of benzene rings is 2. The Morgan fingerprint density at radius 2 is 1.59 bits per heavy atom. The Morgan fingerprint density at radius 1 is 1.00 bits per heavy atom. The molecule has 0 aromatic heterocycles. The molecule has 0 heterocycles. The van der Waals surface area contributed by atoms with E-state index >= 15 is 0 Å². The number of carbonyl (C=O) groups excluding carboxylic acids is 1. The smallest absolute Gasteiger partial charge is 0.240 e. The Bertz CT molecular complexity index is 894. The molecule has 0 atom stereocenters. The molecule has 1 saturated carbocycles. The van der Waals surface area contributed by atoms with Crippen molar-refractivity contribution < 1.29 is 13.2 Å². The monoisotopic (exact) mass is 385 g/mol. The fourth-order valence-electron chi connectivity index (χ4n) is 3.88. The molecule has 5 heteroatoms. The van der Waals surface area contributed by atoms with Crippen LogP contribution >= 0.6 is 0 Å². The van der Waals surface area contributed by atoms with Gasteiger partial charge in [0.05, 0.1) is 4.90 Å². The highest BCUT2D eigenvalue weighted by molar-refractivity contribution is 7.89. The van der Waals surface area contributed by atoms with Crippen LogP contribution < -0.4 is 4.72 Å². The molecule has 1 aliphatic carbocycles. The zero-order valence-electron chi connectivity index (χ0n) is 16.0. The molecule has 27 heavy (non-hydrogen) atoms. The minimum Gasteiger partial charge on any atom is -0.295 e. The molecule has 4 nitrogen and oxygen atoms in total. The van der Waals surface area contributed by atoms with E-state index in [1.807, 2.05) is 43.3 Å². The van der Waals surface area contributed by atoms with Gasteiger partial charge in [-0.15, -0.1) is 0 Å². The van der Waals surface area contributed by atoms with Gasteiger partial charge in [0.15, 0.2) is 5.78 Å². The molecule has 2 aromatic carbocycles. The van der Waals surface area contributed by atoms with Crippen LogP contribution in [-0.4, -0.2) is 20.7 Å². The molecule has 0 saturated heterocycles. The van der Waals surface area contributed by atoms with Crippen LogP contribution in [0.15, 0.2) is 53.4 Å². The summed E-state index contributed by atoms with van der Waals surface area (Å²) in [6.07, 6.45) is 5.09. The maximum Gasteiger partial charge on any atom is 0.240 e. The van der Waals surface area contributed by atoms with E-state index in [-0.39, 0.29) is 11.2 Å².